The SMILES string of the molecule is C#Cc1cc(OC(F)(F)F)cc(-c2cccc(C(F)(F)F)c2)c1. The van der Waals surface area contributed by atoms with E-state index in [1.807, 2.05) is 0 Å². The molecule has 0 spiro atoms. The van der Waals surface area contributed by atoms with E-state index in [2.05, 4.69) is 10.7 Å². The number of ether oxygens (including phenoxy) is 1. The third-order valence-corrected chi connectivity index (χ3v) is 2.83. The lowest BCUT2D eigenvalue weighted by Crippen LogP contribution is -2.17. The fourth-order valence-corrected chi connectivity index (χ4v) is 1.92. The first-order chi connectivity index (χ1) is 10.6. The summed E-state index contributed by atoms with van der Waals surface area (Å²) in [5, 5.41) is 0. The highest BCUT2D eigenvalue weighted by Crippen LogP contribution is 2.34. The Morgan fingerprint density at radius 1 is 0.870 bits per heavy atom. The Hall–Kier alpha value is -2.62. The molecule has 0 fully saturated rings. The summed E-state index contributed by atoms with van der Waals surface area (Å²) < 4.78 is 78.9. The van der Waals surface area contributed by atoms with Gasteiger partial charge >= 0.3 is 12.5 Å². The summed E-state index contributed by atoms with van der Waals surface area (Å²) in [5.74, 6) is 1.54. The third kappa shape index (κ3) is 4.42. The highest BCUT2D eigenvalue weighted by atomic mass is 19.4. The quantitative estimate of drug-likeness (QED) is 0.540. The topological polar surface area (TPSA) is 9.23 Å². The van der Waals surface area contributed by atoms with Crippen molar-refractivity contribution in [2.75, 3.05) is 0 Å². The van der Waals surface area contributed by atoms with Crippen molar-refractivity contribution in [3.63, 3.8) is 0 Å². The predicted molar refractivity (Wildman–Crippen MR) is 71.5 cm³/mol. The normalized spacial score (nSPS) is 11.9. The molecule has 0 aliphatic heterocycles. The predicted octanol–water partition coefficient (Wildman–Crippen LogP) is 5.25. The maximum atomic E-state index is 12.7. The first-order valence-corrected chi connectivity index (χ1v) is 6.13. The minimum absolute atomic E-state index is 0.0548. The van der Waals surface area contributed by atoms with Crippen LogP contribution in [0.25, 0.3) is 11.1 Å². The van der Waals surface area contributed by atoms with Gasteiger partial charge in [0, 0.05) is 5.56 Å². The summed E-state index contributed by atoms with van der Waals surface area (Å²) in [6.45, 7) is 0. The van der Waals surface area contributed by atoms with Gasteiger partial charge in [-0.05, 0) is 41.5 Å². The lowest BCUT2D eigenvalue weighted by atomic mass is 10.0. The van der Waals surface area contributed by atoms with Crippen molar-refractivity contribution in [1.82, 2.24) is 0 Å². The zero-order valence-electron chi connectivity index (χ0n) is 11.3. The van der Waals surface area contributed by atoms with Gasteiger partial charge in [0.2, 0.25) is 0 Å². The van der Waals surface area contributed by atoms with Gasteiger partial charge < -0.3 is 4.74 Å². The van der Waals surface area contributed by atoms with Crippen LogP contribution in [0.4, 0.5) is 26.3 Å². The number of benzene rings is 2. The van der Waals surface area contributed by atoms with Crippen LogP contribution in [0.2, 0.25) is 0 Å². The average Bonchev–Trinajstić information content (AvgIpc) is 2.44. The Morgan fingerprint density at radius 3 is 2.13 bits per heavy atom. The van der Waals surface area contributed by atoms with Crippen LogP contribution in [-0.4, -0.2) is 6.36 Å². The highest BCUT2D eigenvalue weighted by molar-refractivity contribution is 5.68. The van der Waals surface area contributed by atoms with Gasteiger partial charge in [-0.3, -0.25) is 0 Å². The molecule has 0 atom stereocenters. The minimum Gasteiger partial charge on any atom is -0.406 e. The molecular formula is C16H8F6O. The summed E-state index contributed by atoms with van der Waals surface area (Å²) in [5.41, 5.74) is -0.701. The van der Waals surface area contributed by atoms with Crippen LogP contribution < -0.4 is 4.74 Å². The van der Waals surface area contributed by atoms with Gasteiger partial charge in [0.15, 0.2) is 0 Å². The Labute approximate surface area is 127 Å². The Morgan fingerprint density at radius 2 is 1.57 bits per heavy atom. The Bertz CT molecular complexity index is 752. The van der Waals surface area contributed by atoms with E-state index in [9.17, 15) is 26.3 Å². The molecule has 2 aromatic carbocycles. The standard InChI is InChI=1S/C16H8F6O/c1-2-10-6-12(9-14(7-10)23-16(20,21)22)11-4-3-5-13(8-11)15(17,18)19/h1,3-9H. The average molecular weight is 330 g/mol. The van der Waals surface area contributed by atoms with Gasteiger partial charge in [-0.15, -0.1) is 19.6 Å². The second-order valence-corrected chi connectivity index (χ2v) is 4.52. The molecule has 2 rings (SSSR count). The molecule has 0 aromatic heterocycles. The second-order valence-electron chi connectivity index (χ2n) is 4.52. The Kier molecular flexibility index (Phi) is 4.28. The molecule has 0 aliphatic carbocycles. The molecule has 23 heavy (non-hydrogen) atoms. The zero-order chi connectivity index (χ0) is 17.3. The lowest BCUT2D eigenvalue weighted by molar-refractivity contribution is -0.274. The van der Waals surface area contributed by atoms with E-state index in [1.54, 1.807) is 0 Å². The van der Waals surface area contributed by atoms with Crippen molar-refractivity contribution in [3.05, 3.63) is 53.6 Å². The molecule has 0 unspecified atom stereocenters. The largest absolute Gasteiger partial charge is 0.573 e. The van der Waals surface area contributed by atoms with Crippen LogP contribution in [0.1, 0.15) is 11.1 Å². The summed E-state index contributed by atoms with van der Waals surface area (Å²) in [4.78, 5) is 0. The van der Waals surface area contributed by atoms with Crippen molar-refractivity contribution in [2.24, 2.45) is 0 Å². The molecule has 0 bridgehead atoms. The van der Waals surface area contributed by atoms with Crippen LogP contribution in [0.15, 0.2) is 42.5 Å². The first-order valence-electron chi connectivity index (χ1n) is 6.13. The van der Waals surface area contributed by atoms with E-state index >= 15 is 0 Å². The summed E-state index contributed by atoms with van der Waals surface area (Å²) in [7, 11) is 0. The van der Waals surface area contributed by atoms with Crippen molar-refractivity contribution in [2.45, 2.75) is 12.5 Å². The molecule has 0 radical (unpaired) electrons. The van der Waals surface area contributed by atoms with Crippen molar-refractivity contribution in [3.8, 4) is 29.2 Å². The number of terminal acetylenes is 1. The zero-order valence-corrected chi connectivity index (χ0v) is 11.3. The smallest absolute Gasteiger partial charge is 0.406 e. The molecule has 0 aliphatic rings. The number of hydrogen-bond donors (Lipinski definition) is 0. The molecule has 0 heterocycles. The molecule has 0 N–H and O–H groups in total. The van der Waals surface area contributed by atoms with Crippen LogP contribution in [0, 0.1) is 12.3 Å². The summed E-state index contributed by atoms with van der Waals surface area (Å²) >= 11 is 0. The minimum atomic E-state index is -4.93. The summed E-state index contributed by atoms with van der Waals surface area (Å²) in [6.07, 6.45) is -4.33. The van der Waals surface area contributed by atoms with Crippen LogP contribution >= 0.6 is 0 Å². The molecule has 0 amide bonds. The highest BCUT2D eigenvalue weighted by Gasteiger charge is 2.32. The van der Waals surface area contributed by atoms with E-state index in [0.29, 0.717) is 0 Å². The van der Waals surface area contributed by atoms with E-state index in [1.165, 1.54) is 12.1 Å². The number of alkyl halides is 6. The van der Waals surface area contributed by atoms with Crippen LogP contribution in [0.5, 0.6) is 5.75 Å². The molecule has 120 valence electrons. The molecule has 0 saturated carbocycles. The number of hydrogen-bond acceptors (Lipinski definition) is 1. The van der Waals surface area contributed by atoms with Crippen LogP contribution in [-0.2, 0) is 6.18 Å². The van der Waals surface area contributed by atoms with Crippen molar-refractivity contribution < 1.29 is 31.1 Å². The van der Waals surface area contributed by atoms with E-state index in [0.717, 1.165) is 30.3 Å². The second kappa shape index (κ2) is 5.88. The fourth-order valence-electron chi connectivity index (χ4n) is 1.92. The van der Waals surface area contributed by atoms with Gasteiger partial charge in [-0.25, -0.2) is 0 Å². The van der Waals surface area contributed by atoms with Crippen molar-refractivity contribution >= 4 is 0 Å². The summed E-state index contributed by atoms with van der Waals surface area (Å²) in [6, 6.07) is 7.44. The van der Waals surface area contributed by atoms with Gasteiger partial charge in [0.25, 0.3) is 0 Å². The number of rotatable bonds is 2. The molecule has 2 aromatic rings. The first kappa shape index (κ1) is 16.7. The number of halogens is 6. The molecule has 0 saturated heterocycles. The monoisotopic (exact) mass is 330 g/mol. The fraction of sp³-hybridized carbons (Fsp3) is 0.125. The van der Waals surface area contributed by atoms with E-state index in [4.69, 9.17) is 6.42 Å². The molecular weight excluding hydrogens is 322 g/mol. The van der Waals surface area contributed by atoms with Crippen LogP contribution in [0.3, 0.4) is 0 Å². The van der Waals surface area contributed by atoms with E-state index < -0.39 is 23.9 Å². The molecule has 7 heteroatoms. The van der Waals surface area contributed by atoms with Crippen molar-refractivity contribution in [1.29, 1.82) is 0 Å². The third-order valence-electron chi connectivity index (χ3n) is 2.83. The van der Waals surface area contributed by atoms with E-state index in [-0.39, 0.29) is 16.7 Å². The lowest BCUT2D eigenvalue weighted by Gasteiger charge is -2.12. The maximum absolute atomic E-state index is 12.7. The maximum Gasteiger partial charge on any atom is 0.573 e. The van der Waals surface area contributed by atoms with Gasteiger partial charge in [-0.2, -0.15) is 13.2 Å². The molecule has 1 nitrogen and oxygen atoms in total. The van der Waals surface area contributed by atoms with Gasteiger partial charge in [0.05, 0.1) is 5.56 Å². The van der Waals surface area contributed by atoms with Gasteiger partial charge in [-0.1, -0.05) is 18.1 Å². The van der Waals surface area contributed by atoms with Gasteiger partial charge in [0.1, 0.15) is 5.75 Å². The Balaban J connectivity index is 2.51.